The van der Waals surface area contributed by atoms with Crippen LogP contribution in [0, 0.1) is 0 Å². The summed E-state index contributed by atoms with van der Waals surface area (Å²) in [4.78, 5) is 4.99. The van der Waals surface area contributed by atoms with Crippen LogP contribution in [-0.2, 0) is 6.54 Å². The first-order valence-electron chi connectivity index (χ1n) is 7.29. The molecule has 0 bridgehead atoms. The SMILES string of the molecule is CCN1CCN(Cc2ccc(C=NNC(N)=S)cc2)CC1. The quantitative estimate of drug-likeness (QED) is 0.483. The monoisotopic (exact) mass is 305 g/mol. The van der Waals surface area contributed by atoms with E-state index in [9.17, 15) is 0 Å². The van der Waals surface area contributed by atoms with Crippen LogP contribution in [0.25, 0.3) is 0 Å². The van der Waals surface area contributed by atoms with Gasteiger partial charge in [-0.15, -0.1) is 0 Å². The Kier molecular flexibility index (Phi) is 6.10. The normalized spacial score (nSPS) is 17.2. The fourth-order valence-electron chi connectivity index (χ4n) is 2.40. The third kappa shape index (κ3) is 5.41. The molecule has 0 atom stereocenters. The molecule has 3 N–H and O–H groups in total. The maximum Gasteiger partial charge on any atom is 0.184 e. The lowest BCUT2D eigenvalue weighted by Crippen LogP contribution is -2.45. The topological polar surface area (TPSA) is 56.9 Å². The molecule has 1 aliphatic heterocycles. The summed E-state index contributed by atoms with van der Waals surface area (Å²) in [6.07, 6.45) is 1.71. The molecule has 0 aromatic heterocycles. The zero-order valence-corrected chi connectivity index (χ0v) is 13.3. The molecule has 114 valence electrons. The Morgan fingerprint density at radius 3 is 2.43 bits per heavy atom. The van der Waals surface area contributed by atoms with Crippen molar-refractivity contribution in [2.45, 2.75) is 13.5 Å². The third-order valence-corrected chi connectivity index (χ3v) is 3.78. The summed E-state index contributed by atoms with van der Waals surface area (Å²) in [5.41, 5.74) is 10.2. The van der Waals surface area contributed by atoms with E-state index in [2.05, 4.69) is 63.7 Å². The molecule has 21 heavy (non-hydrogen) atoms. The van der Waals surface area contributed by atoms with Crippen LogP contribution in [0.5, 0.6) is 0 Å². The molecule has 0 unspecified atom stereocenters. The van der Waals surface area contributed by atoms with Gasteiger partial charge in [-0.25, -0.2) is 0 Å². The van der Waals surface area contributed by atoms with Crippen molar-refractivity contribution in [2.75, 3.05) is 32.7 Å². The van der Waals surface area contributed by atoms with Gasteiger partial charge in [-0.3, -0.25) is 10.3 Å². The number of hydrogen-bond donors (Lipinski definition) is 2. The first kappa shape index (κ1) is 15.9. The van der Waals surface area contributed by atoms with Crippen molar-refractivity contribution in [1.82, 2.24) is 15.2 Å². The Labute approximate surface area is 131 Å². The number of nitrogens with zero attached hydrogens (tertiary/aromatic N) is 3. The van der Waals surface area contributed by atoms with Crippen molar-refractivity contribution in [1.29, 1.82) is 0 Å². The third-order valence-electron chi connectivity index (χ3n) is 3.69. The Morgan fingerprint density at radius 2 is 1.86 bits per heavy atom. The first-order chi connectivity index (χ1) is 10.2. The Hall–Kier alpha value is -1.50. The predicted molar refractivity (Wildman–Crippen MR) is 91.3 cm³/mol. The van der Waals surface area contributed by atoms with Gasteiger partial charge in [0.1, 0.15) is 0 Å². The van der Waals surface area contributed by atoms with Gasteiger partial charge in [0.05, 0.1) is 6.21 Å². The van der Waals surface area contributed by atoms with E-state index in [1.54, 1.807) is 6.21 Å². The van der Waals surface area contributed by atoms with Crippen molar-refractivity contribution in [3.05, 3.63) is 35.4 Å². The Balaban J connectivity index is 1.82. The highest BCUT2D eigenvalue weighted by Gasteiger charge is 2.15. The average molecular weight is 305 g/mol. The molecule has 0 aliphatic carbocycles. The van der Waals surface area contributed by atoms with Crippen molar-refractivity contribution in [3.8, 4) is 0 Å². The summed E-state index contributed by atoms with van der Waals surface area (Å²) in [6, 6.07) is 8.41. The number of likely N-dealkylation sites (N-methyl/N-ethyl adjacent to an activating group) is 1. The minimum Gasteiger partial charge on any atom is -0.375 e. The lowest BCUT2D eigenvalue weighted by atomic mass is 10.1. The van der Waals surface area contributed by atoms with E-state index in [0.717, 1.165) is 31.7 Å². The van der Waals surface area contributed by atoms with Crippen molar-refractivity contribution in [2.24, 2.45) is 10.8 Å². The lowest BCUT2D eigenvalue weighted by Gasteiger charge is -2.34. The van der Waals surface area contributed by atoms with E-state index in [4.69, 9.17) is 5.73 Å². The van der Waals surface area contributed by atoms with Gasteiger partial charge in [-0.2, -0.15) is 5.10 Å². The Morgan fingerprint density at radius 1 is 1.24 bits per heavy atom. The van der Waals surface area contributed by atoms with E-state index >= 15 is 0 Å². The minimum atomic E-state index is 0.175. The molecule has 1 aromatic rings. The smallest absolute Gasteiger partial charge is 0.184 e. The van der Waals surface area contributed by atoms with E-state index in [1.807, 2.05) is 0 Å². The second kappa shape index (κ2) is 8.07. The van der Waals surface area contributed by atoms with Gasteiger partial charge in [-0.1, -0.05) is 31.2 Å². The highest BCUT2D eigenvalue weighted by atomic mass is 32.1. The van der Waals surface area contributed by atoms with Crippen LogP contribution in [0.4, 0.5) is 0 Å². The predicted octanol–water partition coefficient (Wildman–Crippen LogP) is 0.991. The standard InChI is InChI=1S/C15H23N5S/c1-2-19-7-9-20(10-8-19)12-14-5-3-13(4-6-14)11-17-18-15(16)21/h3-6,11H,2,7-10,12H2,1H3,(H3,16,18,21). The van der Waals surface area contributed by atoms with Gasteiger partial charge < -0.3 is 10.6 Å². The molecular formula is C15H23N5S. The van der Waals surface area contributed by atoms with Gasteiger partial charge in [0.15, 0.2) is 5.11 Å². The molecule has 0 saturated carbocycles. The number of thiocarbonyl (C=S) groups is 1. The largest absolute Gasteiger partial charge is 0.375 e. The maximum absolute atomic E-state index is 5.30. The number of nitrogens with one attached hydrogen (secondary N) is 1. The van der Waals surface area contributed by atoms with Crippen molar-refractivity contribution in [3.63, 3.8) is 0 Å². The molecule has 0 spiro atoms. The molecule has 1 saturated heterocycles. The molecule has 1 heterocycles. The minimum absolute atomic E-state index is 0.175. The molecule has 0 radical (unpaired) electrons. The highest BCUT2D eigenvalue weighted by Crippen LogP contribution is 2.09. The number of nitrogens with two attached hydrogens (primary N) is 1. The number of hydrogen-bond acceptors (Lipinski definition) is 4. The van der Waals surface area contributed by atoms with Crippen LogP contribution in [0.3, 0.4) is 0 Å². The fraction of sp³-hybridized carbons (Fsp3) is 0.467. The van der Waals surface area contributed by atoms with E-state index in [0.29, 0.717) is 0 Å². The molecule has 5 nitrogen and oxygen atoms in total. The van der Waals surface area contributed by atoms with Gasteiger partial charge in [0.25, 0.3) is 0 Å². The molecule has 1 aromatic carbocycles. The number of hydrazone groups is 1. The second-order valence-electron chi connectivity index (χ2n) is 5.19. The summed E-state index contributed by atoms with van der Waals surface area (Å²) >= 11 is 4.68. The zero-order valence-electron chi connectivity index (χ0n) is 12.5. The van der Waals surface area contributed by atoms with Gasteiger partial charge in [0.2, 0.25) is 0 Å². The maximum atomic E-state index is 5.30. The summed E-state index contributed by atoms with van der Waals surface area (Å²) in [7, 11) is 0. The molecule has 0 amide bonds. The fourth-order valence-corrected chi connectivity index (χ4v) is 2.45. The van der Waals surface area contributed by atoms with E-state index in [-0.39, 0.29) is 5.11 Å². The van der Waals surface area contributed by atoms with Crippen molar-refractivity contribution < 1.29 is 0 Å². The number of piperazine rings is 1. The summed E-state index contributed by atoms with van der Waals surface area (Å²) < 4.78 is 0. The average Bonchev–Trinajstić information content (AvgIpc) is 2.49. The molecular weight excluding hydrogens is 282 g/mol. The molecule has 6 heteroatoms. The van der Waals surface area contributed by atoms with E-state index < -0.39 is 0 Å². The first-order valence-corrected chi connectivity index (χ1v) is 7.70. The van der Waals surface area contributed by atoms with Crippen LogP contribution in [0.1, 0.15) is 18.1 Å². The van der Waals surface area contributed by atoms with Crippen molar-refractivity contribution >= 4 is 23.5 Å². The van der Waals surface area contributed by atoms with Gasteiger partial charge in [-0.05, 0) is 29.9 Å². The summed E-state index contributed by atoms with van der Waals surface area (Å²) in [5, 5.41) is 4.12. The van der Waals surface area contributed by atoms with Gasteiger partial charge >= 0.3 is 0 Å². The molecule has 1 fully saturated rings. The molecule has 1 aliphatic rings. The summed E-state index contributed by atoms with van der Waals surface area (Å²) in [6.45, 7) is 9.03. The van der Waals surface area contributed by atoms with Crippen LogP contribution >= 0.6 is 12.2 Å². The zero-order chi connectivity index (χ0) is 15.1. The summed E-state index contributed by atoms with van der Waals surface area (Å²) in [5.74, 6) is 0. The number of rotatable bonds is 5. The van der Waals surface area contributed by atoms with Crippen LogP contribution in [0.2, 0.25) is 0 Å². The number of benzene rings is 1. The Bertz CT molecular complexity index is 477. The lowest BCUT2D eigenvalue weighted by molar-refractivity contribution is 0.132. The second-order valence-corrected chi connectivity index (χ2v) is 5.63. The molecule has 2 rings (SSSR count). The highest BCUT2D eigenvalue weighted by molar-refractivity contribution is 7.80. The van der Waals surface area contributed by atoms with E-state index in [1.165, 1.54) is 18.7 Å². The van der Waals surface area contributed by atoms with Crippen LogP contribution in [-0.4, -0.2) is 53.9 Å². The van der Waals surface area contributed by atoms with Crippen LogP contribution < -0.4 is 11.2 Å². The van der Waals surface area contributed by atoms with Gasteiger partial charge in [0, 0.05) is 32.7 Å². The van der Waals surface area contributed by atoms with Crippen LogP contribution in [0.15, 0.2) is 29.4 Å².